The van der Waals surface area contributed by atoms with Crippen LogP contribution in [0.5, 0.6) is 0 Å². The first kappa shape index (κ1) is 73.7. The van der Waals surface area contributed by atoms with Gasteiger partial charge in [0.25, 0.3) is 0 Å². The average molecular weight is 344 g/mol. The predicted octanol–water partition coefficient (Wildman–Crippen LogP) is -0.475. The summed E-state index contributed by atoms with van der Waals surface area (Å²) in [5.74, 6) is 0. The van der Waals surface area contributed by atoms with E-state index >= 15 is 0 Å². The summed E-state index contributed by atoms with van der Waals surface area (Å²) in [4.78, 5) is 0. The molecule has 0 N–H and O–H groups in total. The molecule has 32 valence electrons. The second-order valence-corrected chi connectivity index (χ2v) is 0. The second-order valence-electron chi connectivity index (χ2n) is 0. The molecule has 0 aliphatic rings. The summed E-state index contributed by atoms with van der Waals surface area (Å²) in [6.07, 6.45) is 0. The Morgan fingerprint density at radius 2 is 0.500 bits per heavy atom. The first-order chi connectivity index (χ1) is 0. The third-order valence-corrected chi connectivity index (χ3v) is 0. The van der Waals surface area contributed by atoms with Crippen LogP contribution in [-0.2, 0) is 21.9 Å². The molecule has 0 rings (SSSR count). The summed E-state index contributed by atoms with van der Waals surface area (Å²) in [6, 6.07) is 0. The minimum Gasteiger partial charge on any atom is -2.00 e. The Labute approximate surface area is 103 Å². The molecular formula is Ce2O4. The molecule has 0 aliphatic heterocycles. The minimum absolute atomic E-state index is 0. The third kappa shape index (κ3) is 30.7. The molecule has 0 atom stereocenters. The normalized spacial score (nSPS) is 0. The molecule has 0 spiro atoms. The molecule has 0 heterocycles. The molecule has 4 nitrogen and oxygen atoms in total. The van der Waals surface area contributed by atoms with E-state index in [4.69, 9.17) is 0 Å². The van der Waals surface area contributed by atoms with Crippen LogP contribution in [0.2, 0.25) is 0 Å². The maximum Gasteiger partial charge on any atom is 3.00 e. The molecule has 6 heavy (non-hydrogen) atoms. The van der Waals surface area contributed by atoms with E-state index in [1.165, 1.54) is 0 Å². The maximum atomic E-state index is 0. The van der Waals surface area contributed by atoms with Gasteiger partial charge in [0, 0.05) is 5.48 Å². The van der Waals surface area contributed by atoms with Crippen molar-refractivity contribution in [2.45, 2.75) is 0 Å². The van der Waals surface area contributed by atoms with Gasteiger partial charge in [-0.05, 0) is 0 Å². The van der Waals surface area contributed by atoms with Crippen molar-refractivity contribution in [2.24, 2.45) is 0 Å². The standard InChI is InChI=1S/2Ce.4O/q2*+3;;3*-2. The molecule has 0 aromatic carbocycles. The SMILES string of the molecule is [Ce+3].[Ce+3].[O-2].[O-2].[O-2].[O]. The summed E-state index contributed by atoms with van der Waals surface area (Å²) >= 11 is 0. The molecule has 0 aromatic heterocycles. The Bertz CT molecular complexity index is 5.51. The molecule has 4 radical (unpaired) electrons. The fourth-order valence-corrected chi connectivity index (χ4v) is 0. The largest absolute Gasteiger partial charge is 3.00 e. The van der Waals surface area contributed by atoms with Gasteiger partial charge >= 0.3 is 83.5 Å². The van der Waals surface area contributed by atoms with Gasteiger partial charge in [-0.25, -0.2) is 0 Å². The summed E-state index contributed by atoms with van der Waals surface area (Å²) in [7, 11) is 0. The minimum atomic E-state index is 0. The molecular weight excluding hydrogens is 344 g/mol. The van der Waals surface area contributed by atoms with E-state index in [-0.39, 0.29) is 105 Å². The molecule has 0 amide bonds. The van der Waals surface area contributed by atoms with E-state index in [1.807, 2.05) is 0 Å². The van der Waals surface area contributed by atoms with Crippen LogP contribution in [0, 0.1) is 83.5 Å². The van der Waals surface area contributed by atoms with Crippen molar-refractivity contribution in [3.63, 3.8) is 0 Å². The quantitative estimate of drug-likeness (QED) is 0.565. The van der Waals surface area contributed by atoms with Gasteiger partial charge in [-0.2, -0.15) is 0 Å². The number of hydrogen-bond donors (Lipinski definition) is 0. The van der Waals surface area contributed by atoms with Crippen LogP contribution < -0.4 is 0 Å². The smallest absolute Gasteiger partial charge is 2.00 e. The number of hydrogen-bond acceptors (Lipinski definition) is 0. The van der Waals surface area contributed by atoms with Crippen LogP contribution in [0.3, 0.4) is 0 Å². The van der Waals surface area contributed by atoms with Crippen molar-refractivity contribution in [3.8, 4) is 0 Å². The van der Waals surface area contributed by atoms with E-state index in [0.717, 1.165) is 0 Å². The van der Waals surface area contributed by atoms with Gasteiger partial charge in [-0.1, -0.05) is 0 Å². The zero-order valence-corrected chi connectivity index (χ0v) is 8.91. The Morgan fingerprint density at radius 3 is 0.500 bits per heavy atom. The molecule has 0 aliphatic carbocycles. The fraction of sp³-hybridized carbons (Fsp3) is 0. The number of rotatable bonds is 0. The average Bonchev–Trinajstić information content (AvgIpc) is 0. The zero-order valence-electron chi connectivity index (χ0n) is 2.63. The summed E-state index contributed by atoms with van der Waals surface area (Å²) in [5.41, 5.74) is 0. The van der Waals surface area contributed by atoms with Crippen LogP contribution >= 0.6 is 0 Å². The van der Waals surface area contributed by atoms with Crippen LogP contribution in [0.4, 0.5) is 0 Å². The van der Waals surface area contributed by atoms with Gasteiger partial charge in [0.15, 0.2) is 0 Å². The molecule has 0 saturated carbocycles. The van der Waals surface area contributed by atoms with Gasteiger partial charge in [0.1, 0.15) is 0 Å². The van der Waals surface area contributed by atoms with Gasteiger partial charge in [-0.15, -0.1) is 0 Å². The Balaban J connectivity index is 0. The summed E-state index contributed by atoms with van der Waals surface area (Å²) < 4.78 is 0. The van der Waals surface area contributed by atoms with Crippen LogP contribution in [0.25, 0.3) is 0 Å². The van der Waals surface area contributed by atoms with Gasteiger partial charge in [-0.3, -0.25) is 0 Å². The fourth-order valence-electron chi connectivity index (χ4n) is 0. The van der Waals surface area contributed by atoms with Crippen molar-refractivity contribution in [2.75, 3.05) is 0 Å². The Hall–Kier alpha value is 2.59. The molecule has 0 aromatic rings. The first-order valence-corrected chi connectivity index (χ1v) is 0. The monoisotopic (exact) mass is 344 g/mol. The van der Waals surface area contributed by atoms with Crippen molar-refractivity contribution in [1.29, 1.82) is 0 Å². The van der Waals surface area contributed by atoms with E-state index in [0.29, 0.717) is 0 Å². The Morgan fingerprint density at radius 1 is 0.500 bits per heavy atom. The van der Waals surface area contributed by atoms with Crippen molar-refractivity contribution < 1.29 is 105 Å². The topological polar surface area (TPSA) is 114 Å². The van der Waals surface area contributed by atoms with Gasteiger partial charge in [0.2, 0.25) is 0 Å². The molecule has 6 heteroatoms. The predicted molar refractivity (Wildman–Crippen MR) is 2.75 cm³/mol. The van der Waals surface area contributed by atoms with E-state index < -0.39 is 0 Å². The van der Waals surface area contributed by atoms with E-state index in [1.54, 1.807) is 0 Å². The van der Waals surface area contributed by atoms with Crippen LogP contribution in [0.1, 0.15) is 0 Å². The van der Waals surface area contributed by atoms with Crippen molar-refractivity contribution >= 4 is 0 Å². The summed E-state index contributed by atoms with van der Waals surface area (Å²) in [6.45, 7) is 0. The van der Waals surface area contributed by atoms with Crippen molar-refractivity contribution in [3.05, 3.63) is 0 Å². The summed E-state index contributed by atoms with van der Waals surface area (Å²) in [5, 5.41) is 0. The zero-order chi connectivity index (χ0) is 0. The Kier molecular flexibility index (Phi) is 603. The van der Waals surface area contributed by atoms with Gasteiger partial charge in [0.05, 0.1) is 0 Å². The second kappa shape index (κ2) is 49.1. The van der Waals surface area contributed by atoms with Crippen LogP contribution in [-0.4, -0.2) is 0 Å². The molecule has 0 unspecified atom stereocenters. The first-order valence-electron chi connectivity index (χ1n) is 0. The maximum absolute atomic E-state index is 0. The molecule has 0 bridgehead atoms. The third-order valence-electron chi connectivity index (χ3n) is 0. The van der Waals surface area contributed by atoms with Crippen molar-refractivity contribution in [1.82, 2.24) is 0 Å². The molecule has 0 saturated heterocycles. The van der Waals surface area contributed by atoms with E-state index in [2.05, 4.69) is 0 Å². The molecule has 0 fully saturated rings. The van der Waals surface area contributed by atoms with E-state index in [9.17, 15) is 0 Å². The van der Waals surface area contributed by atoms with Crippen LogP contribution in [0.15, 0.2) is 0 Å². The van der Waals surface area contributed by atoms with Gasteiger partial charge < -0.3 is 16.4 Å².